The number of aliphatic carboxylic acids is 1. The van der Waals surface area contributed by atoms with Crippen LogP contribution in [-0.4, -0.2) is 61.7 Å². The molecule has 0 aliphatic carbocycles. The number of piperidine rings is 1. The zero-order valence-corrected chi connectivity index (χ0v) is 15.5. The van der Waals surface area contributed by atoms with Crippen molar-refractivity contribution in [3.63, 3.8) is 0 Å². The van der Waals surface area contributed by atoms with Gasteiger partial charge in [0, 0.05) is 13.1 Å². The molecular weight excluding hydrogens is 360 g/mol. The van der Waals surface area contributed by atoms with Gasteiger partial charge in [-0.2, -0.15) is 4.31 Å². The third kappa shape index (κ3) is 5.99. The van der Waals surface area contributed by atoms with Crippen molar-refractivity contribution in [2.75, 3.05) is 26.0 Å². The Labute approximate surface area is 153 Å². The number of benzene rings is 1. The summed E-state index contributed by atoms with van der Waals surface area (Å²) >= 11 is 0. The second kappa shape index (κ2) is 9.00. The second-order valence-corrected chi connectivity index (χ2v) is 8.19. The summed E-state index contributed by atoms with van der Waals surface area (Å²) in [6.07, 6.45) is 3.85. The standard InChI is InChI=1S/C17H24N2O6S/c1-26(23,24)19-11-3-2-4-15(19)17(22)18-10-9-13-5-7-14(8-6-13)25-12-16(20)21/h5-8,15H,2-4,9-12H2,1H3,(H,18,22)(H,20,21)/t15-/m0/s1. The zero-order valence-electron chi connectivity index (χ0n) is 14.7. The largest absolute Gasteiger partial charge is 0.482 e. The highest BCUT2D eigenvalue weighted by Crippen LogP contribution is 2.20. The molecule has 1 atom stereocenters. The summed E-state index contributed by atoms with van der Waals surface area (Å²) < 4.78 is 30.0. The molecule has 1 fully saturated rings. The fourth-order valence-electron chi connectivity index (χ4n) is 2.91. The quantitative estimate of drug-likeness (QED) is 0.679. The zero-order chi connectivity index (χ0) is 19.2. The Bertz CT molecular complexity index is 732. The number of amides is 1. The van der Waals surface area contributed by atoms with E-state index in [0.29, 0.717) is 31.7 Å². The predicted octanol–water partition coefficient (Wildman–Crippen LogP) is 0.623. The van der Waals surface area contributed by atoms with Gasteiger partial charge in [0.15, 0.2) is 6.61 Å². The summed E-state index contributed by atoms with van der Waals surface area (Å²) in [6, 6.07) is 6.31. The van der Waals surface area contributed by atoms with Crippen LogP contribution in [0.4, 0.5) is 0 Å². The Morgan fingerprint density at radius 3 is 2.58 bits per heavy atom. The molecule has 0 bridgehead atoms. The molecule has 1 aromatic rings. The first-order chi connectivity index (χ1) is 12.3. The molecule has 0 radical (unpaired) electrons. The van der Waals surface area contributed by atoms with E-state index in [0.717, 1.165) is 24.7 Å². The Hall–Kier alpha value is -2.13. The molecule has 144 valence electrons. The van der Waals surface area contributed by atoms with Gasteiger partial charge in [-0.25, -0.2) is 13.2 Å². The third-order valence-electron chi connectivity index (χ3n) is 4.18. The van der Waals surface area contributed by atoms with E-state index in [4.69, 9.17) is 9.84 Å². The third-order valence-corrected chi connectivity index (χ3v) is 5.47. The molecule has 8 nitrogen and oxygen atoms in total. The number of carboxylic acids is 1. The predicted molar refractivity (Wildman–Crippen MR) is 95.5 cm³/mol. The van der Waals surface area contributed by atoms with Crippen LogP contribution in [0.2, 0.25) is 0 Å². The van der Waals surface area contributed by atoms with Crippen LogP contribution in [0.3, 0.4) is 0 Å². The van der Waals surface area contributed by atoms with Gasteiger partial charge in [0.1, 0.15) is 11.8 Å². The van der Waals surface area contributed by atoms with E-state index in [2.05, 4.69) is 5.32 Å². The number of hydrogen-bond acceptors (Lipinski definition) is 5. The lowest BCUT2D eigenvalue weighted by Crippen LogP contribution is -2.51. The highest BCUT2D eigenvalue weighted by molar-refractivity contribution is 7.88. The van der Waals surface area contributed by atoms with Crippen LogP contribution in [0.15, 0.2) is 24.3 Å². The van der Waals surface area contributed by atoms with Crippen LogP contribution in [-0.2, 0) is 26.0 Å². The van der Waals surface area contributed by atoms with Crippen molar-refractivity contribution in [2.45, 2.75) is 31.7 Å². The van der Waals surface area contributed by atoms with E-state index in [1.165, 1.54) is 4.31 Å². The van der Waals surface area contributed by atoms with Crippen LogP contribution in [0.5, 0.6) is 5.75 Å². The van der Waals surface area contributed by atoms with Crippen molar-refractivity contribution < 1.29 is 27.9 Å². The number of carbonyl (C=O) groups excluding carboxylic acids is 1. The number of nitrogens with one attached hydrogen (secondary N) is 1. The lowest BCUT2D eigenvalue weighted by molar-refractivity contribution is -0.139. The highest BCUT2D eigenvalue weighted by atomic mass is 32.2. The van der Waals surface area contributed by atoms with Gasteiger partial charge in [-0.15, -0.1) is 0 Å². The molecule has 1 aliphatic heterocycles. The van der Waals surface area contributed by atoms with Crippen LogP contribution in [0, 0.1) is 0 Å². The molecule has 1 aromatic carbocycles. The normalized spacial score (nSPS) is 18.3. The Morgan fingerprint density at radius 2 is 1.96 bits per heavy atom. The molecule has 0 unspecified atom stereocenters. The minimum Gasteiger partial charge on any atom is -0.482 e. The van der Waals surface area contributed by atoms with Crippen molar-refractivity contribution in [3.05, 3.63) is 29.8 Å². The van der Waals surface area contributed by atoms with E-state index in [9.17, 15) is 18.0 Å². The average molecular weight is 384 g/mol. The summed E-state index contributed by atoms with van der Waals surface area (Å²) in [5, 5.41) is 11.4. The molecule has 2 rings (SSSR count). The summed E-state index contributed by atoms with van der Waals surface area (Å²) in [5.74, 6) is -0.842. The summed E-state index contributed by atoms with van der Waals surface area (Å²) in [7, 11) is -3.40. The van der Waals surface area contributed by atoms with Gasteiger partial charge < -0.3 is 15.2 Å². The Morgan fingerprint density at radius 1 is 1.27 bits per heavy atom. The molecule has 2 N–H and O–H groups in total. The van der Waals surface area contributed by atoms with Crippen molar-refractivity contribution in [3.8, 4) is 5.75 Å². The van der Waals surface area contributed by atoms with Crippen molar-refractivity contribution in [1.82, 2.24) is 9.62 Å². The molecule has 26 heavy (non-hydrogen) atoms. The minimum absolute atomic E-state index is 0.267. The maximum atomic E-state index is 12.4. The fourth-order valence-corrected chi connectivity index (χ4v) is 4.03. The molecule has 0 spiro atoms. The highest BCUT2D eigenvalue weighted by Gasteiger charge is 2.34. The SMILES string of the molecule is CS(=O)(=O)N1CCCC[C@H]1C(=O)NCCc1ccc(OCC(=O)O)cc1. The maximum Gasteiger partial charge on any atom is 0.341 e. The molecule has 9 heteroatoms. The Balaban J connectivity index is 1.83. The topological polar surface area (TPSA) is 113 Å². The molecule has 1 heterocycles. The minimum atomic E-state index is -3.40. The fraction of sp³-hybridized carbons (Fsp3) is 0.529. The first kappa shape index (κ1) is 20.2. The van der Waals surface area contributed by atoms with Gasteiger partial charge in [0.05, 0.1) is 6.26 Å². The van der Waals surface area contributed by atoms with Crippen LogP contribution < -0.4 is 10.1 Å². The Kier molecular flexibility index (Phi) is 6.98. The van der Waals surface area contributed by atoms with Gasteiger partial charge in [0.2, 0.25) is 15.9 Å². The number of carbonyl (C=O) groups is 2. The maximum absolute atomic E-state index is 12.4. The number of ether oxygens (including phenoxy) is 1. The number of nitrogens with zero attached hydrogens (tertiary/aromatic N) is 1. The van der Waals surface area contributed by atoms with Gasteiger partial charge in [-0.3, -0.25) is 4.79 Å². The van der Waals surface area contributed by atoms with Crippen LogP contribution >= 0.6 is 0 Å². The van der Waals surface area contributed by atoms with E-state index in [-0.39, 0.29) is 5.91 Å². The first-order valence-corrected chi connectivity index (χ1v) is 10.3. The lowest BCUT2D eigenvalue weighted by Gasteiger charge is -2.32. The molecule has 1 amide bonds. The molecule has 1 aliphatic rings. The van der Waals surface area contributed by atoms with Crippen LogP contribution in [0.1, 0.15) is 24.8 Å². The number of sulfonamides is 1. The molecule has 0 saturated carbocycles. The number of rotatable bonds is 8. The summed E-state index contributed by atoms with van der Waals surface area (Å²) in [4.78, 5) is 22.8. The van der Waals surface area contributed by atoms with Crippen LogP contribution in [0.25, 0.3) is 0 Å². The van der Waals surface area contributed by atoms with Gasteiger partial charge in [-0.1, -0.05) is 18.6 Å². The molecule has 1 saturated heterocycles. The van der Waals surface area contributed by atoms with E-state index in [1.807, 2.05) is 0 Å². The van der Waals surface area contributed by atoms with E-state index < -0.39 is 28.6 Å². The summed E-state index contributed by atoms with van der Waals surface area (Å²) in [6.45, 7) is 0.380. The first-order valence-electron chi connectivity index (χ1n) is 8.45. The molecular formula is C17H24N2O6S. The van der Waals surface area contributed by atoms with Gasteiger partial charge in [-0.05, 0) is 37.0 Å². The number of carboxylic acid groups (broad SMARTS) is 1. The monoisotopic (exact) mass is 384 g/mol. The summed E-state index contributed by atoms with van der Waals surface area (Å²) in [5.41, 5.74) is 0.955. The van der Waals surface area contributed by atoms with Crippen molar-refractivity contribution >= 4 is 21.9 Å². The van der Waals surface area contributed by atoms with Crippen molar-refractivity contribution in [1.29, 1.82) is 0 Å². The van der Waals surface area contributed by atoms with Gasteiger partial charge >= 0.3 is 5.97 Å². The second-order valence-electron chi connectivity index (χ2n) is 6.25. The van der Waals surface area contributed by atoms with Crippen molar-refractivity contribution in [2.24, 2.45) is 0 Å². The smallest absolute Gasteiger partial charge is 0.341 e. The van der Waals surface area contributed by atoms with E-state index >= 15 is 0 Å². The number of hydrogen-bond donors (Lipinski definition) is 2. The van der Waals surface area contributed by atoms with Gasteiger partial charge in [0.25, 0.3) is 0 Å². The van der Waals surface area contributed by atoms with E-state index in [1.54, 1.807) is 24.3 Å². The average Bonchev–Trinajstić information content (AvgIpc) is 2.60. The molecule has 0 aromatic heterocycles. The lowest BCUT2D eigenvalue weighted by atomic mass is 10.0.